The highest BCUT2D eigenvalue weighted by Crippen LogP contribution is 2.32. The summed E-state index contributed by atoms with van der Waals surface area (Å²) in [4.78, 5) is 42.2. The standard InChI is InChI=1S/C36H46N2O5/c1-3-5-16-30(21-27-14-7-6-8-15-27)35(42)43-26-36(19-11-12-20-36)37-34(41)29(13-4-2)23-33(40)38-24-31-18-10-9-17-28(31)22-32(38)25-39/h3-4,6-10,14-15,17-18,29-30,32,39H,1-2,5,11-13,16,19-26H2,(H,37,41)/t29-,30+,32-/m0/s1. The Balaban J connectivity index is 1.40. The van der Waals surface area contributed by atoms with Gasteiger partial charge in [0.15, 0.2) is 0 Å². The lowest BCUT2D eigenvalue weighted by Crippen LogP contribution is -2.53. The van der Waals surface area contributed by atoms with E-state index < -0.39 is 11.5 Å². The number of rotatable bonds is 15. The third-order valence-electron chi connectivity index (χ3n) is 8.95. The monoisotopic (exact) mass is 586 g/mol. The summed E-state index contributed by atoms with van der Waals surface area (Å²) >= 11 is 0. The Morgan fingerprint density at radius 1 is 1.00 bits per heavy atom. The number of aliphatic hydroxyl groups is 1. The molecule has 1 aliphatic heterocycles. The van der Waals surface area contributed by atoms with Gasteiger partial charge in [-0.2, -0.15) is 0 Å². The predicted molar refractivity (Wildman–Crippen MR) is 168 cm³/mol. The first-order valence-electron chi connectivity index (χ1n) is 15.6. The van der Waals surface area contributed by atoms with Crippen LogP contribution in [0.1, 0.15) is 68.1 Å². The minimum Gasteiger partial charge on any atom is -0.463 e. The lowest BCUT2D eigenvalue weighted by molar-refractivity contribution is -0.152. The Morgan fingerprint density at radius 2 is 1.70 bits per heavy atom. The highest BCUT2D eigenvalue weighted by molar-refractivity contribution is 5.86. The summed E-state index contributed by atoms with van der Waals surface area (Å²) in [6, 6.07) is 17.5. The van der Waals surface area contributed by atoms with E-state index in [-0.39, 0.29) is 49.4 Å². The molecule has 7 nitrogen and oxygen atoms in total. The van der Waals surface area contributed by atoms with Gasteiger partial charge in [-0.25, -0.2) is 0 Å². The molecule has 2 amide bonds. The molecule has 43 heavy (non-hydrogen) atoms. The van der Waals surface area contributed by atoms with Crippen LogP contribution in [0.3, 0.4) is 0 Å². The van der Waals surface area contributed by atoms with Crippen LogP contribution in [-0.2, 0) is 38.5 Å². The number of nitrogens with one attached hydrogen (secondary N) is 1. The van der Waals surface area contributed by atoms with E-state index in [1.165, 1.54) is 0 Å². The minimum atomic E-state index is -0.650. The Kier molecular flexibility index (Phi) is 11.7. The first kappa shape index (κ1) is 32.2. The van der Waals surface area contributed by atoms with Gasteiger partial charge >= 0.3 is 5.97 Å². The molecule has 1 heterocycles. The van der Waals surface area contributed by atoms with E-state index in [0.29, 0.717) is 51.5 Å². The molecule has 4 rings (SSSR count). The zero-order valence-electron chi connectivity index (χ0n) is 25.2. The molecule has 0 bridgehead atoms. The van der Waals surface area contributed by atoms with Crippen LogP contribution in [0.25, 0.3) is 0 Å². The number of nitrogens with zero attached hydrogens (tertiary/aromatic N) is 1. The molecule has 0 aromatic heterocycles. The van der Waals surface area contributed by atoms with E-state index in [9.17, 15) is 19.5 Å². The van der Waals surface area contributed by atoms with Gasteiger partial charge in [0.2, 0.25) is 11.8 Å². The Hall–Kier alpha value is -3.71. The average molecular weight is 587 g/mol. The van der Waals surface area contributed by atoms with E-state index in [4.69, 9.17) is 4.74 Å². The third-order valence-corrected chi connectivity index (χ3v) is 8.95. The van der Waals surface area contributed by atoms with Gasteiger partial charge in [-0.15, -0.1) is 13.2 Å². The van der Waals surface area contributed by atoms with Crippen molar-refractivity contribution in [2.24, 2.45) is 11.8 Å². The van der Waals surface area contributed by atoms with Crippen molar-refractivity contribution >= 4 is 17.8 Å². The number of benzene rings is 2. The van der Waals surface area contributed by atoms with Gasteiger partial charge in [0.1, 0.15) is 6.61 Å². The SMILES string of the molecule is C=CCC[C@H](Cc1ccccc1)C(=O)OCC1(NC(=O)[C@@H](CC=C)CC(=O)N2Cc3ccccc3C[C@H]2CO)CCCC1. The van der Waals surface area contributed by atoms with Gasteiger partial charge < -0.3 is 20.1 Å². The maximum atomic E-state index is 13.7. The Labute approximate surface area is 256 Å². The number of fused-ring (bicyclic) bond motifs is 1. The highest BCUT2D eigenvalue weighted by Gasteiger charge is 2.40. The molecule has 2 N–H and O–H groups in total. The smallest absolute Gasteiger partial charge is 0.309 e. The van der Waals surface area contributed by atoms with E-state index >= 15 is 0 Å². The molecule has 2 aliphatic rings. The number of ether oxygens (including phenoxy) is 1. The van der Waals surface area contributed by atoms with Crippen LogP contribution < -0.4 is 5.32 Å². The topological polar surface area (TPSA) is 95.9 Å². The number of esters is 1. The highest BCUT2D eigenvalue weighted by atomic mass is 16.5. The number of carbonyl (C=O) groups is 3. The van der Waals surface area contributed by atoms with Crippen molar-refractivity contribution in [2.45, 2.75) is 82.3 Å². The van der Waals surface area contributed by atoms with Gasteiger partial charge in [0.25, 0.3) is 0 Å². The number of aliphatic hydroxyl groups excluding tert-OH is 1. The second kappa shape index (κ2) is 15.7. The Morgan fingerprint density at radius 3 is 2.37 bits per heavy atom. The second-order valence-electron chi connectivity index (χ2n) is 12.1. The van der Waals surface area contributed by atoms with Gasteiger partial charge in [-0.3, -0.25) is 14.4 Å². The van der Waals surface area contributed by atoms with Gasteiger partial charge in [-0.1, -0.05) is 79.6 Å². The van der Waals surface area contributed by atoms with E-state index in [1.54, 1.807) is 11.0 Å². The number of carbonyl (C=O) groups excluding carboxylic acids is 3. The molecule has 1 saturated carbocycles. The van der Waals surface area contributed by atoms with Crippen molar-refractivity contribution in [3.05, 3.63) is 96.6 Å². The molecular formula is C36H46N2O5. The van der Waals surface area contributed by atoms with Crippen LogP contribution in [0.4, 0.5) is 0 Å². The summed E-state index contributed by atoms with van der Waals surface area (Å²) in [7, 11) is 0. The molecule has 1 fully saturated rings. The van der Waals surface area contributed by atoms with Gasteiger partial charge in [-0.05, 0) is 61.6 Å². The molecule has 230 valence electrons. The average Bonchev–Trinajstić information content (AvgIpc) is 3.49. The summed E-state index contributed by atoms with van der Waals surface area (Å²) in [5.41, 5.74) is 2.63. The first-order valence-corrected chi connectivity index (χ1v) is 15.6. The van der Waals surface area contributed by atoms with Gasteiger partial charge in [0.05, 0.1) is 30.0 Å². The molecular weight excluding hydrogens is 540 g/mol. The van der Waals surface area contributed by atoms with Crippen LogP contribution in [0.5, 0.6) is 0 Å². The third kappa shape index (κ3) is 8.66. The molecule has 7 heteroatoms. The van der Waals surface area contributed by atoms with E-state index in [0.717, 1.165) is 29.5 Å². The molecule has 0 radical (unpaired) electrons. The van der Waals surface area contributed by atoms with Crippen LogP contribution in [0.2, 0.25) is 0 Å². The lowest BCUT2D eigenvalue weighted by atomic mass is 9.91. The molecule has 2 aromatic rings. The normalized spacial score (nSPS) is 18.6. The fourth-order valence-electron chi connectivity index (χ4n) is 6.42. The number of hydrogen-bond donors (Lipinski definition) is 2. The molecule has 0 spiro atoms. The quantitative estimate of drug-likeness (QED) is 0.218. The summed E-state index contributed by atoms with van der Waals surface area (Å²) in [5.74, 6) is -1.54. The fraction of sp³-hybridized carbons (Fsp3) is 0.472. The largest absolute Gasteiger partial charge is 0.463 e. The maximum Gasteiger partial charge on any atom is 0.309 e. The molecule has 0 unspecified atom stereocenters. The second-order valence-corrected chi connectivity index (χ2v) is 12.1. The first-order chi connectivity index (χ1) is 20.9. The summed E-state index contributed by atoms with van der Waals surface area (Å²) < 4.78 is 5.93. The van der Waals surface area contributed by atoms with Crippen molar-refractivity contribution < 1.29 is 24.2 Å². The molecule has 3 atom stereocenters. The van der Waals surface area contributed by atoms with E-state index in [2.05, 4.69) is 18.5 Å². The van der Waals surface area contributed by atoms with Crippen LogP contribution in [0.15, 0.2) is 79.9 Å². The maximum absolute atomic E-state index is 13.7. The minimum absolute atomic E-state index is 0.0209. The van der Waals surface area contributed by atoms with Crippen LogP contribution in [-0.4, -0.2) is 52.6 Å². The Bertz CT molecular complexity index is 1250. The van der Waals surface area contributed by atoms with Crippen LogP contribution >= 0.6 is 0 Å². The number of allylic oxidation sites excluding steroid dienone is 2. The fourth-order valence-corrected chi connectivity index (χ4v) is 6.42. The number of amides is 2. The lowest BCUT2D eigenvalue weighted by Gasteiger charge is -2.37. The predicted octanol–water partition coefficient (Wildman–Crippen LogP) is 5.31. The van der Waals surface area contributed by atoms with Gasteiger partial charge in [0, 0.05) is 13.0 Å². The zero-order chi connectivity index (χ0) is 30.7. The van der Waals surface area contributed by atoms with Crippen molar-refractivity contribution in [3.8, 4) is 0 Å². The summed E-state index contributed by atoms with van der Waals surface area (Å²) in [6.07, 6.45) is 9.68. The van der Waals surface area contributed by atoms with Crippen molar-refractivity contribution in [2.75, 3.05) is 13.2 Å². The van der Waals surface area contributed by atoms with Crippen LogP contribution in [0, 0.1) is 11.8 Å². The van der Waals surface area contributed by atoms with E-state index in [1.807, 2.05) is 60.7 Å². The number of hydrogen-bond acceptors (Lipinski definition) is 5. The zero-order valence-corrected chi connectivity index (χ0v) is 25.2. The van der Waals surface area contributed by atoms with Crippen molar-refractivity contribution in [3.63, 3.8) is 0 Å². The molecule has 2 aromatic carbocycles. The molecule has 0 saturated heterocycles. The van der Waals surface area contributed by atoms with Crippen molar-refractivity contribution in [1.29, 1.82) is 0 Å². The summed E-state index contributed by atoms with van der Waals surface area (Å²) in [5, 5.41) is 13.3. The summed E-state index contributed by atoms with van der Waals surface area (Å²) in [6.45, 7) is 8.03. The molecule has 1 aliphatic carbocycles. The van der Waals surface area contributed by atoms with Crippen molar-refractivity contribution in [1.82, 2.24) is 10.2 Å².